The molecule has 1 aliphatic heterocycles. The number of rotatable bonds is 6. The molecule has 1 saturated heterocycles. The van der Waals surface area contributed by atoms with Crippen LogP contribution in [-0.2, 0) is 11.3 Å². The van der Waals surface area contributed by atoms with Crippen LogP contribution in [0.2, 0.25) is 0 Å². The third-order valence-electron chi connectivity index (χ3n) is 5.08. The predicted octanol–water partition coefficient (Wildman–Crippen LogP) is 1.77. The Kier molecular flexibility index (Phi) is 5.49. The molecule has 31 heavy (non-hydrogen) atoms. The quantitative estimate of drug-likeness (QED) is 0.618. The largest absolute Gasteiger partial charge is 0.384 e. The first-order valence-corrected chi connectivity index (χ1v) is 9.54. The lowest BCUT2D eigenvalue weighted by molar-refractivity contribution is -0.122. The van der Waals surface area contributed by atoms with E-state index in [-0.39, 0.29) is 29.6 Å². The fraction of sp³-hybridized carbons (Fsp3) is 0.300. The standard InChI is InChI=1S/C20H19F3N6O2/c21-13-2-1-3-14-18(13)19(27-29(14)10-17(30)26-7-15(22)23)12-8-28(9-12)20(31)11-4-5-25-16(24)6-11/h1-6,12,15H,7-10H2,(H2,24,25)(H,26,30). The minimum Gasteiger partial charge on any atom is -0.384 e. The second-order valence-corrected chi connectivity index (χ2v) is 7.25. The molecular formula is C20H19F3N6O2. The van der Waals surface area contributed by atoms with Gasteiger partial charge in [0.1, 0.15) is 18.2 Å². The highest BCUT2D eigenvalue weighted by atomic mass is 19.3. The molecule has 4 rings (SSSR count). The lowest BCUT2D eigenvalue weighted by Crippen LogP contribution is -2.48. The van der Waals surface area contributed by atoms with Crippen molar-refractivity contribution in [2.75, 3.05) is 25.4 Å². The SMILES string of the molecule is Nc1cc(C(=O)N2CC(c3nn(CC(=O)NCC(F)F)c4cccc(F)c34)C2)ccn1. The van der Waals surface area contributed by atoms with E-state index in [0.29, 0.717) is 29.9 Å². The second-order valence-electron chi connectivity index (χ2n) is 7.25. The molecule has 0 bridgehead atoms. The van der Waals surface area contributed by atoms with Gasteiger partial charge in [0, 0.05) is 30.8 Å². The topological polar surface area (TPSA) is 106 Å². The molecule has 3 N–H and O–H groups in total. The van der Waals surface area contributed by atoms with Crippen molar-refractivity contribution in [2.45, 2.75) is 18.9 Å². The van der Waals surface area contributed by atoms with Gasteiger partial charge in [0.25, 0.3) is 12.3 Å². The van der Waals surface area contributed by atoms with E-state index in [1.807, 2.05) is 0 Å². The molecule has 11 heteroatoms. The monoisotopic (exact) mass is 432 g/mol. The van der Waals surface area contributed by atoms with E-state index < -0.39 is 24.7 Å². The Hall–Kier alpha value is -3.63. The van der Waals surface area contributed by atoms with Crippen molar-refractivity contribution < 1.29 is 22.8 Å². The summed E-state index contributed by atoms with van der Waals surface area (Å²) >= 11 is 0. The number of pyridine rings is 1. The summed E-state index contributed by atoms with van der Waals surface area (Å²) in [4.78, 5) is 30.0. The number of anilines is 1. The molecule has 0 unspecified atom stereocenters. The molecule has 2 amide bonds. The molecule has 3 aromatic rings. The van der Waals surface area contributed by atoms with E-state index in [2.05, 4.69) is 15.4 Å². The summed E-state index contributed by atoms with van der Waals surface area (Å²) in [6, 6.07) is 7.43. The summed E-state index contributed by atoms with van der Waals surface area (Å²) < 4.78 is 40.5. The van der Waals surface area contributed by atoms with Crippen molar-refractivity contribution >= 4 is 28.5 Å². The number of aromatic nitrogens is 3. The zero-order chi connectivity index (χ0) is 22.1. The minimum atomic E-state index is -2.67. The van der Waals surface area contributed by atoms with Crippen molar-refractivity contribution in [1.82, 2.24) is 25.0 Å². The van der Waals surface area contributed by atoms with E-state index in [1.54, 1.807) is 17.0 Å². The Balaban J connectivity index is 1.53. The first-order chi connectivity index (χ1) is 14.8. The summed E-state index contributed by atoms with van der Waals surface area (Å²) in [5, 5.41) is 6.75. The zero-order valence-corrected chi connectivity index (χ0v) is 16.3. The van der Waals surface area contributed by atoms with Gasteiger partial charge in [-0.2, -0.15) is 5.10 Å². The second kappa shape index (κ2) is 8.25. The third kappa shape index (κ3) is 4.16. The molecule has 0 radical (unpaired) electrons. The first kappa shape index (κ1) is 20.6. The molecule has 162 valence electrons. The lowest BCUT2D eigenvalue weighted by atomic mass is 9.93. The summed E-state index contributed by atoms with van der Waals surface area (Å²) in [6.07, 6.45) is -1.22. The first-order valence-electron chi connectivity index (χ1n) is 9.54. The normalized spacial score (nSPS) is 14.1. The summed E-state index contributed by atoms with van der Waals surface area (Å²) in [5.41, 5.74) is 6.84. The van der Waals surface area contributed by atoms with Crippen LogP contribution in [0.15, 0.2) is 36.5 Å². The van der Waals surface area contributed by atoms with E-state index >= 15 is 0 Å². The van der Waals surface area contributed by atoms with E-state index in [1.165, 1.54) is 29.1 Å². The smallest absolute Gasteiger partial charge is 0.255 e. The van der Waals surface area contributed by atoms with Gasteiger partial charge in [-0.05, 0) is 24.3 Å². The summed E-state index contributed by atoms with van der Waals surface area (Å²) in [7, 11) is 0. The maximum Gasteiger partial charge on any atom is 0.255 e. The Morgan fingerprint density at radius 1 is 1.26 bits per heavy atom. The Morgan fingerprint density at radius 2 is 2.03 bits per heavy atom. The number of amides is 2. The molecule has 0 saturated carbocycles. The Bertz CT molecular complexity index is 1140. The Morgan fingerprint density at radius 3 is 2.74 bits per heavy atom. The average molecular weight is 432 g/mol. The van der Waals surface area contributed by atoms with E-state index in [9.17, 15) is 22.8 Å². The minimum absolute atomic E-state index is 0.221. The fourth-order valence-corrected chi connectivity index (χ4v) is 3.59. The predicted molar refractivity (Wildman–Crippen MR) is 106 cm³/mol. The van der Waals surface area contributed by atoms with Crippen LogP contribution in [0, 0.1) is 5.82 Å². The summed E-state index contributed by atoms with van der Waals surface area (Å²) in [5.74, 6) is -1.37. The van der Waals surface area contributed by atoms with Crippen molar-refractivity contribution in [2.24, 2.45) is 0 Å². The van der Waals surface area contributed by atoms with Gasteiger partial charge in [0.2, 0.25) is 5.91 Å². The van der Waals surface area contributed by atoms with Crippen LogP contribution in [0.25, 0.3) is 10.9 Å². The van der Waals surface area contributed by atoms with Crippen LogP contribution >= 0.6 is 0 Å². The van der Waals surface area contributed by atoms with E-state index in [0.717, 1.165) is 0 Å². The number of halogens is 3. The van der Waals surface area contributed by atoms with Gasteiger partial charge < -0.3 is 16.0 Å². The van der Waals surface area contributed by atoms with Gasteiger partial charge in [0.15, 0.2) is 0 Å². The number of hydrogen-bond donors (Lipinski definition) is 2. The number of alkyl halides is 2. The van der Waals surface area contributed by atoms with Crippen molar-refractivity contribution in [1.29, 1.82) is 0 Å². The van der Waals surface area contributed by atoms with Crippen LogP contribution in [0.5, 0.6) is 0 Å². The summed E-state index contributed by atoms with van der Waals surface area (Å²) in [6.45, 7) is -0.449. The number of likely N-dealkylation sites (tertiary alicyclic amines) is 1. The molecule has 0 spiro atoms. The molecule has 1 fully saturated rings. The average Bonchev–Trinajstić information content (AvgIpc) is 3.04. The number of hydrogen-bond acceptors (Lipinski definition) is 5. The van der Waals surface area contributed by atoms with Crippen LogP contribution in [0.3, 0.4) is 0 Å². The third-order valence-corrected chi connectivity index (χ3v) is 5.08. The van der Waals surface area contributed by atoms with Gasteiger partial charge in [-0.25, -0.2) is 18.2 Å². The van der Waals surface area contributed by atoms with Crippen molar-refractivity contribution in [3.8, 4) is 0 Å². The van der Waals surface area contributed by atoms with Crippen LogP contribution in [0.4, 0.5) is 19.0 Å². The highest BCUT2D eigenvalue weighted by Crippen LogP contribution is 2.34. The highest BCUT2D eigenvalue weighted by Gasteiger charge is 2.36. The number of benzene rings is 1. The maximum atomic E-state index is 14.6. The molecule has 1 aromatic carbocycles. The fourth-order valence-electron chi connectivity index (χ4n) is 3.59. The number of fused-ring (bicyclic) bond motifs is 1. The number of carbonyl (C=O) groups excluding carboxylic acids is 2. The molecule has 8 nitrogen and oxygen atoms in total. The molecule has 2 aromatic heterocycles. The van der Waals surface area contributed by atoms with Gasteiger partial charge in [-0.15, -0.1) is 0 Å². The number of nitrogens with one attached hydrogen (secondary N) is 1. The van der Waals surface area contributed by atoms with Crippen LogP contribution < -0.4 is 11.1 Å². The van der Waals surface area contributed by atoms with Crippen LogP contribution in [-0.4, -0.2) is 57.5 Å². The van der Waals surface area contributed by atoms with Crippen LogP contribution in [0.1, 0.15) is 22.0 Å². The highest BCUT2D eigenvalue weighted by molar-refractivity contribution is 5.95. The van der Waals surface area contributed by atoms with Gasteiger partial charge in [-0.3, -0.25) is 14.3 Å². The molecule has 0 atom stereocenters. The zero-order valence-electron chi connectivity index (χ0n) is 16.3. The lowest BCUT2D eigenvalue weighted by Gasteiger charge is -2.38. The van der Waals surface area contributed by atoms with Crippen molar-refractivity contribution in [3.63, 3.8) is 0 Å². The maximum absolute atomic E-state index is 14.6. The number of carbonyl (C=O) groups is 2. The number of nitrogens with two attached hydrogens (primary N) is 1. The molecule has 1 aliphatic rings. The molecular weight excluding hydrogens is 413 g/mol. The van der Waals surface area contributed by atoms with Gasteiger partial charge in [-0.1, -0.05) is 6.07 Å². The molecule has 0 aliphatic carbocycles. The molecule has 3 heterocycles. The van der Waals surface area contributed by atoms with Gasteiger partial charge >= 0.3 is 0 Å². The van der Waals surface area contributed by atoms with Gasteiger partial charge in [0.05, 0.1) is 23.1 Å². The Labute approximate surface area is 174 Å². The van der Waals surface area contributed by atoms with E-state index in [4.69, 9.17) is 5.73 Å². The van der Waals surface area contributed by atoms with Crippen molar-refractivity contribution in [3.05, 3.63) is 53.6 Å². The number of nitrogens with zero attached hydrogens (tertiary/aromatic N) is 4. The number of nitrogen functional groups attached to an aromatic ring is 1.